The quantitative estimate of drug-likeness (QED) is 0.703. The van der Waals surface area contributed by atoms with E-state index >= 15 is 0 Å². The fraction of sp³-hybridized carbons (Fsp3) is 0.235. The Hall–Kier alpha value is -2.54. The van der Waals surface area contributed by atoms with Gasteiger partial charge in [0.25, 0.3) is 0 Å². The lowest BCUT2D eigenvalue weighted by atomic mass is 9.86. The molecule has 1 atom stereocenters. The number of hydrogen-bond acceptors (Lipinski definition) is 3. The number of rotatable bonds is 2. The van der Waals surface area contributed by atoms with Crippen LogP contribution in [0.2, 0.25) is 0 Å². The van der Waals surface area contributed by atoms with Crippen molar-refractivity contribution in [1.82, 2.24) is 4.98 Å². The third-order valence-electron chi connectivity index (χ3n) is 3.98. The molecule has 0 spiro atoms. The second-order valence-electron chi connectivity index (χ2n) is 5.68. The van der Waals surface area contributed by atoms with Gasteiger partial charge in [-0.2, -0.15) is 13.2 Å². The van der Waals surface area contributed by atoms with Gasteiger partial charge >= 0.3 is 11.8 Å². The van der Waals surface area contributed by atoms with Crippen LogP contribution in [0.15, 0.2) is 45.6 Å². The van der Waals surface area contributed by atoms with Crippen LogP contribution in [-0.4, -0.2) is 16.3 Å². The summed E-state index contributed by atoms with van der Waals surface area (Å²) in [7, 11) is 0. The molecule has 2 N–H and O–H groups in total. The van der Waals surface area contributed by atoms with Gasteiger partial charge in [0.1, 0.15) is 5.58 Å². The van der Waals surface area contributed by atoms with Crippen LogP contribution in [0.5, 0.6) is 0 Å². The lowest BCUT2D eigenvalue weighted by Crippen LogP contribution is -2.46. The molecular weight excluding hydrogens is 323 g/mol. The standard InChI is InChI=1S/C17H14F3NO3/c1-9-7-12(10(2)21-9)16(23,17(18,19)20)13-8-11-5-3-4-6-14(11)24-15(13)22/h3-8,21,23H,1-2H3. The molecule has 3 rings (SSSR count). The highest BCUT2D eigenvalue weighted by Gasteiger charge is 2.59. The molecule has 0 radical (unpaired) electrons. The van der Waals surface area contributed by atoms with Crippen molar-refractivity contribution in [3.05, 3.63) is 69.3 Å². The molecule has 0 fully saturated rings. The van der Waals surface area contributed by atoms with Crippen LogP contribution >= 0.6 is 0 Å². The van der Waals surface area contributed by atoms with Crippen molar-refractivity contribution in [1.29, 1.82) is 0 Å². The zero-order chi connectivity index (χ0) is 17.7. The van der Waals surface area contributed by atoms with E-state index in [1.807, 2.05) is 0 Å². The predicted octanol–water partition coefficient (Wildman–Crippen LogP) is 3.54. The lowest BCUT2D eigenvalue weighted by molar-refractivity contribution is -0.249. The van der Waals surface area contributed by atoms with E-state index in [2.05, 4.69) is 4.98 Å². The highest BCUT2D eigenvalue weighted by atomic mass is 19.4. The summed E-state index contributed by atoms with van der Waals surface area (Å²) < 4.78 is 46.4. The minimum Gasteiger partial charge on any atom is -0.422 e. The number of nitrogens with one attached hydrogen (secondary N) is 1. The molecular formula is C17H14F3NO3. The molecule has 0 saturated carbocycles. The number of para-hydroxylation sites is 1. The number of aliphatic hydroxyl groups is 1. The maximum atomic E-state index is 13.8. The van der Waals surface area contributed by atoms with Crippen LogP contribution in [0.25, 0.3) is 11.0 Å². The Bertz CT molecular complexity index is 971. The first-order valence-corrected chi connectivity index (χ1v) is 7.13. The van der Waals surface area contributed by atoms with Gasteiger partial charge in [-0.3, -0.25) is 0 Å². The molecule has 2 aromatic heterocycles. The second kappa shape index (κ2) is 5.24. The topological polar surface area (TPSA) is 66.2 Å². The van der Waals surface area contributed by atoms with E-state index in [0.717, 1.165) is 6.07 Å². The highest BCUT2D eigenvalue weighted by molar-refractivity contribution is 5.77. The molecule has 4 nitrogen and oxygen atoms in total. The number of halogens is 3. The molecule has 7 heteroatoms. The van der Waals surface area contributed by atoms with E-state index in [-0.39, 0.29) is 11.3 Å². The van der Waals surface area contributed by atoms with Gasteiger partial charge in [-0.1, -0.05) is 18.2 Å². The van der Waals surface area contributed by atoms with Gasteiger partial charge in [0.2, 0.25) is 5.60 Å². The molecule has 24 heavy (non-hydrogen) atoms. The number of H-pyrrole nitrogens is 1. The van der Waals surface area contributed by atoms with Gasteiger partial charge in [-0.05, 0) is 32.0 Å². The third-order valence-corrected chi connectivity index (χ3v) is 3.98. The molecule has 1 unspecified atom stereocenters. The Balaban J connectivity index is 2.38. The van der Waals surface area contributed by atoms with Gasteiger partial charge < -0.3 is 14.5 Å². The zero-order valence-electron chi connectivity index (χ0n) is 12.9. The van der Waals surface area contributed by atoms with Crippen molar-refractivity contribution < 1.29 is 22.7 Å². The van der Waals surface area contributed by atoms with Crippen LogP contribution in [-0.2, 0) is 5.60 Å². The minimum atomic E-state index is -5.11. The van der Waals surface area contributed by atoms with Crippen molar-refractivity contribution in [2.45, 2.75) is 25.6 Å². The predicted molar refractivity (Wildman–Crippen MR) is 81.8 cm³/mol. The van der Waals surface area contributed by atoms with Crippen LogP contribution in [0.1, 0.15) is 22.5 Å². The molecule has 0 amide bonds. The van der Waals surface area contributed by atoms with Gasteiger partial charge in [0.15, 0.2) is 0 Å². The monoisotopic (exact) mass is 337 g/mol. The summed E-state index contributed by atoms with van der Waals surface area (Å²) in [4.78, 5) is 14.9. The van der Waals surface area contributed by atoms with Crippen LogP contribution in [0, 0.1) is 13.8 Å². The smallest absolute Gasteiger partial charge is 0.422 e. The molecule has 0 saturated heterocycles. The highest BCUT2D eigenvalue weighted by Crippen LogP contribution is 2.44. The fourth-order valence-corrected chi connectivity index (χ4v) is 2.86. The Morgan fingerprint density at radius 1 is 1.08 bits per heavy atom. The average Bonchev–Trinajstić information content (AvgIpc) is 2.83. The molecule has 0 aliphatic carbocycles. The van der Waals surface area contributed by atoms with E-state index in [4.69, 9.17) is 4.42 Å². The number of benzene rings is 1. The van der Waals surface area contributed by atoms with Crippen molar-refractivity contribution in [3.63, 3.8) is 0 Å². The van der Waals surface area contributed by atoms with E-state index in [0.29, 0.717) is 11.1 Å². The first-order chi connectivity index (χ1) is 11.1. The summed E-state index contributed by atoms with van der Waals surface area (Å²) in [5, 5.41) is 10.9. The first kappa shape index (κ1) is 16.3. The number of alkyl halides is 3. The SMILES string of the molecule is Cc1cc(C(O)(c2cc3ccccc3oc2=O)C(F)(F)F)c(C)[nH]1. The number of hydrogen-bond donors (Lipinski definition) is 2. The number of aromatic nitrogens is 1. The Morgan fingerprint density at radius 3 is 2.33 bits per heavy atom. The molecule has 1 aromatic carbocycles. The Kier molecular flexibility index (Phi) is 3.56. The second-order valence-corrected chi connectivity index (χ2v) is 5.68. The van der Waals surface area contributed by atoms with E-state index in [1.54, 1.807) is 19.1 Å². The Morgan fingerprint density at radius 2 is 1.75 bits per heavy atom. The average molecular weight is 337 g/mol. The van der Waals surface area contributed by atoms with Crippen molar-refractivity contribution in [3.8, 4) is 0 Å². The van der Waals surface area contributed by atoms with E-state index in [9.17, 15) is 23.1 Å². The van der Waals surface area contributed by atoms with Crippen LogP contribution in [0.4, 0.5) is 13.2 Å². The maximum Gasteiger partial charge on any atom is 0.426 e. The fourth-order valence-electron chi connectivity index (χ4n) is 2.86. The molecule has 3 aromatic rings. The summed E-state index contributed by atoms with van der Waals surface area (Å²) in [5.74, 6) is 0. The van der Waals surface area contributed by atoms with Gasteiger partial charge in [-0.15, -0.1) is 0 Å². The first-order valence-electron chi connectivity index (χ1n) is 7.13. The summed E-state index contributed by atoms with van der Waals surface area (Å²) in [6.45, 7) is 2.97. The summed E-state index contributed by atoms with van der Waals surface area (Å²) in [6, 6.07) is 8.38. The third kappa shape index (κ3) is 2.32. The minimum absolute atomic E-state index is 0.125. The molecule has 2 heterocycles. The molecule has 0 aliphatic heterocycles. The number of aryl methyl sites for hydroxylation is 2. The number of fused-ring (bicyclic) bond motifs is 1. The van der Waals surface area contributed by atoms with Crippen molar-refractivity contribution in [2.24, 2.45) is 0 Å². The van der Waals surface area contributed by atoms with Crippen LogP contribution in [0.3, 0.4) is 0 Å². The lowest BCUT2D eigenvalue weighted by Gasteiger charge is -2.30. The van der Waals surface area contributed by atoms with E-state index < -0.39 is 28.5 Å². The molecule has 0 bridgehead atoms. The molecule has 0 aliphatic rings. The van der Waals surface area contributed by atoms with E-state index in [1.165, 1.54) is 25.1 Å². The summed E-state index contributed by atoms with van der Waals surface area (Å²) in [6.07, 6.45) is -5.11. The zero-order valence-corrected chi connectivity index (χ0v) is 12.9. The summed E-state index contributed by atoms with van der Waals surface area (Å²) in [5.41, 5.74) is -5.27. The van der Waals surface area contributed by atoms with Gasteiger partial charge in [-0.25, -0.2) is 4.79 Å². The van der Waals surface area contributed by atoms with Crippen molar-refractivity contribution >= 4 is 11.0 Å². The summed E-state index contributed by atoms with van der Waals surface area (Å²) >= 11 is 0. The van der Waals surface area contributed by atoms with Gasteiger partial charge in [0, 0.05) is 22.3 Å². The number of aromatic amines is 1. The molecule has 126 valence electrons. The van der Waals surface area contributed by atoms with Crippen LogP contribution < -0.4 is 5.63 Å². The maximum absolute atomic E-state index is 13.8. The van der Waals surface area contributed by atoms with Crippen molar-refractivity contribution in [2.75, 3.05) is 0 Å². The Labute approximate surface area is 134 Å². The normalized spacial score (nSPS) is 14.8. The van der Waals surface area contributed by atoms with Gasteiger partial charge in [0.05, 0.1) is 5.56 Å². The largest absolute Gasteiger partial charge is 0.426 e.